The van der Waals surface area contributed by atoms with Crippen LogP contribution in [0.4, 0.5) is 18.9 Å². The third-order valence-electron chi connectivity index (χ3n) is 8.36. The van der Waals surface area contributed by atoms with Crippen LogP contribution in [-0.4, -0.2) is 52.8 Å². The molecule has 2 saturated carbocycles. The van der Waals surface area contributed by atoms with Crippen LogP contribution in [0.2, 0.25) is 0 Å². The number of nitrogens with zero attached hydrogens (tertiary/aromatic N) is 4. The lowest BCUT2D eigenvalue weighted by atomic mass is 9.61. The Kier molecular flexibility index (Phi) is 7.45. The average molecular weight is 580 g/mol. The summed E-state index contributed by atoms with van der Waals surface area (Å²) >= 11 is 0. The summed E-state index contributed by atoms with van der Waals surface area (Å²) in [6, 6.07) is 12.9. The Labute approximate surface area is 242 Å². The fourth-order valence-electron chi connectivity index (χ4n) is 6.37. The van der Waals surface area contributed by atoms with Gasteiger partial charge in [0.2, 0.25) is 11.8 Å². The molecule has 8 nitrogen and oxygen atoms in total. The zero-order chi connectivity index (χ0) is 29.5. The van der Waals surface area contributed by atoms with Gasteiger partial charge in [0.1, 0.15) is 29.4 Å². The first-order valence-electron chi connectivity index (χ1n) is 14.2. The SMILES string of the molecule is CCOc1ncccc1-c1ccc(OC2CC3(C2)CN(c2ccc(F)cc2C#N)C3)c(C(O)N[C@H]2CCC(F)(F)C2)n1. The third-order valence-corrected chi connectivity index (χ3v) is 8.36. The van der Waals surface area contributed by atoms with Crippen LogP contribution in [0.3, 0.4) is 0 Å². The highest BCUT2D eigenvalue weighted by Crippen LogP contribution is 2.51. The Morgan fingerprint density at radius 3 is 2.71 bits per heavy atom. The molecule has 2 N–H and O–H groups in total. The number of ether oxygens (including phenoxy) is 2. The second-order valence-electron chi connectivity index (χ2n) is 11.5. The number of nitriles is 1. The molecule has 3 heterocycles. The van der Waals surface area contributed by atoms with Gasteiger partial charge in [0.15, 0.2) is 6.23 Å². The summed E-state index contributed by atoms with van der Waals surface area (Å²) < 4.78 is 53.2. The molecule has 0 radical (unpaired) electrons. The van der Waals surface area contributed by atoms with Crippen LogP contribution in [0.25, 0.3) is 11.3 Å². The number of aliphatic hydroxyl groups is 1. The van der Waals surface area contributed by atoms with Crippen molar-refractivity contribution in [2.45, 2.75) is 63.3 Å². The quantitative estimate of drug-likeness (QED) is 0.326. The van der Waals surface area contributed by atoms with Crippen molar-refractivity contribution in [3.63, 3.8) is 0 Å². The number of aromatic nitrogens is 2. The van der Waals surface area contributed by atoms with Gasteiger partial charge < -0.3 is 19.5 Å². The van der Waals surface area contributed by atoms with Gasteiger partial charge in [-0.05, 0) is 68.7 Å². The van der Waals surface area contributed by atoms with Crippen molar-refractivity contribution in [1.29, 1.82) is 5.26 Å². The summed E-state index contributed by atoms with van der Waals surface area (Å²) in [4.78, 5) is 11.1. The van der Waals surface area contributed by atoms with Gasteiger partial charge >= 0.3 is 0 Å². The number of hydrogen-bond acceptors (Lipinski definition) is 8. The molecule has 42 heavy (non-hydrogen) atoms. The van der Waals surface area contributed by atoms with E-state index in [0.717, 1.165) is 31.6 Å². The molecule has 1 saturated heterocycles. The van der Waals surface area contributed by atoms with Crippen LogP contribution in [0, 0.1) is 22.6 Å². The molecule has 6 rings (SSSR count). The summed E-state index contributed by atoms with van der Waals surface area (Å²) in [6.07, 6.45) is 1.39. The van der Waals surface area contributed by atoms with Gasteiger partial charge in [-0.1, -0.05) is 0 Å². The predicted octanol–water partition coefficient (Wildman–Crippen LogP) is 5.37. The smallest absolute Gasteiger partial charge is 0.249 e. The van der Waals surface area contributed by atoms with Gasteiger partial charge in [0, 0.05) is 43.6 Å². The fourth-order valence-corrected chi connectivity index (χ4v) is 6.37. The summed E-state index contributed by atoms with van der Waals surface area (Å²) in [5.41, 5.74) is 2.45. The lowest BCUT2D eigenvalue weighted by molar-refractivity contribution is -0.0360. The molecule has 1 spiro atoms. The lowest BCUT2D eigenvalue weighted by Gasteiger charge is -2.59. The van der Waals surface area contributed by atoms with Gasteiger partial charge in [-0.25, -0.2) is 23.1 Å². The van der Waals surface area contributed by atoms with Crippen LogP contribution in [0.5, 0.6) is 11.6 Å². The maximum absolute atomic E-state index is 13.8. The molecule has 3 fully saturated rings. The molecule has 0 bridgehead atoms. The largest absolute Gasteiger partial charge is 0.488 e. The van der Waals surface area contributed by atoms with Gasteiger partial charge in [0.05, 0.1) is 29.1 Å². The Hall–Kier alpha value is -3.88. The van der Waals surface area contributed by atoms with E-state index < -0.39 is 24.0 Å². The number of aliphatic hydroxyl groups excluding tert-OH is 1. The number of benzene rings is 1. The highest BCUT2D eigenvalue weighted by Gasteiger charge is 2.54. The first-order chi connectivity index (χ1) is 20.2. The minimum absolute atomic E-state index is 0.0354. The molecule has 1 aromatic carbocycles. The van der Waals surface area contributed by atoms with Gasteiger partial charge in [0.25, 0.3) is 0 Å². The normalized spacial score (nSPS) is 21.3. The number of alkyl halides is 2. The fraction of sp³-hybridized carbons (Fsp3) is 0.452. The lowest BCUT2D eigenvalue weighted by Crippen LogP contribution is -2.65. The van der Waals surface area contributed by atoms with Crippen LogP contribution >= 0.6 is 0 Å². The summed E-state index contributed by atoms with van der Waals surface area (Å²) in [5.74, 6) is -2.41. The van der Waals surface area contributed by atoms with Crippen LogP contribution in [0.15, 0.2) is 48.7 Å². The predicted molar refractivity (Wildman–Crippen MR) is 149 cm³/mol. The maximum atomic E-state index is 13.8. The molecule has 3 aliphatic rings. The summed E-state index contributed by atoms with van der Waals surface area (Å²) in [6.45, 7) is 3.74. The topological polar surface area (TPSA) is 104 Å². The molecular weight excluding hydrogens is 547 g/mol. The zero-order valence-corrected chi connectivity index (χ0v) is 23.2. The molecule has 1 aliphatic heterocycles. The number of rotatable bonds is 9. The number of pyridine rings is 2. The molecule has 11 heteroatoms. The Balaban J connectivity index is 1.18. The number of nitrogens with one attached hydrogen (secondary N) is 1. The molecule has 220 valence electrons. The van der Waals surface area contributed by atoms with Crippen molar-refractivity contribution in [3.8, 4) is 29.0 Å². The van der Waals surface area contributed by atoms with Crippen molar-refractivity contribution in [2.24, 2.45) is 5.41 Å². The van der Waals surface area contributed by atoms with Crippen LogP contribution in [-0.2, 0) is 0 Å². The monoisotopic (exact) mass is 579 g/mol. The second-order valence-corrected chi connectivity index (χ2v) is 11.5. The number of hydrogen-bond donors (Lipinski definition) is 2. The highest BCUT2D eigenvalue weighted by molar-refractivity contribution is 5.66. The van der Waals surface area contributed by atoms with E-state index in [1.54, 1.807) is 30.5 Å². The van der Waals surface area contributed by atoms with E-state index in [9.17, 15) is 23.5 Å². The maximum Gasteiger partial charge on any atom is 0.249 e. The van der Waals surface area contributed by atoms with E-state index >= 15 is 0 Å². The van der Waals surface area contributed by atoms with Crippen LogP contribution in [0.1, 0.15) is 56.5 Å². The molecular formula is C31H32F3N5O3. The van der Waals surface area contributed by atoms with Gasteiger partial charge in [-0.3, -0.25) is 5.32 Å². The van der Waals surface area contributed by atoms with Crippen molar-refractivity contribution in [1.82, 2.24) is 15.3 Å². The minimum atomic E-state index is -2.76. The van der Waals surface area contributed by atoms with Crippen molar-refractivity contribution >= 4 is 5.69 Å². The number of halogens is 3. The van der Waals surface area contributed by atoms with Crippen LogP contribution < -0.4 is 19.7 Å². The molecule has 2 aromatic heterocycles. The zero-order valence-electron chi connectivity index (χ0n) is 23.2. The first kappa shape index (κ1) is 28.2. The first-order valence-corrected chi connectivity index (χ1v) is 14.2. The Morgan fingerprint density at radius 2 is 2.00 bits per heavy atom. The molecule has 1 unspecified atom stereocenters. The molecule has 2 aliphatic carbocycles. The van der Waals surface area contributed by atoms with E-state index in [4.69, 9.17) is 14.5 Å². The summed E-state index contributed by atoms with van der Waals surface area (Å²) in [7, 11) is 0. The minimum Gasteiger partial charge on any atom is -0.488 e. The van der Waals surface area contributed by atoms with Gasteiger partial charge in [-0.2, -0.15) is 5.26 Å². The van der Waals surface area contributed by atoms with Crippen molar-refractivity contribution in [2.75, 3.05) is 24.6 Å². The third kappa shape index (κ3) is 5.61. The summed E-state index contributed by atoms with van der Waals surface area (Å²) in [5, 5.41) is 23.5. The van der Waals surface area contributed by atoms with Crippen molar-refractivity contribution < 1.29 is 27.8 Å². The highest BCUT2D eigenvalue weighted by atomic mass is 19.3. The standard InChI is InChI=1S/C31H32F3N5O3/c1-2-41-29-23(4-3-11-36-29)24-6-8-26(27(38-24)28(40)37-21-9-10-31(33,34)13-21)42-22-14-30(15-22)17-39(18-30)25-7-5-20(32)12-19(25)16-35/h3-8,11-12,21-22,28,37,40H,2,9-10,13-15,17-18H2,1H3/t21-,28?/m0/s1. The molecule has 2 atom stereocenters. The Bertz CT molecular complexity index is 1500. The van der Waals surface area contributed by atoms with E-state index in [2.05, 4.69) is 21.3 Å². The Morgan fingerprint density at radius 1 is 1.19 bits per heavy atom. The second kappa shape index (κ2) is 11.1. The van der Waals surface area contributed by atoms with E-state index in [-0.39, 0.29) is 36.5 Å². The molecule has 3 aromatic rings. The van der Waals surface area contributed by atoms with Gasteiger partial charge in [-0.15, -0.1) is 0 Å². The number of anilines is 1. The van der Waals surface area contributed by atoms with E-state index in [1.165, 1.54) is 12.1 Å². The van der Waals surface area contributed by atoms with E-state index in [1.807, 2.05) is 13.0 Å². The van der Waals surface area contributed by atoms with E-state index in [0.29, 0.717) is 35.1 Å². The van der Waals surface area contributed by atoms with Crippen molar-refractivity contribution in [3.05, 3.63) is 65.7 Å². The average Bonchev–Trinajstić information content (AvgIpc) is 3.27. The molecule has 0 amide bonds.